The third kappa shape index (κ3) is 3.19. The molecule has 0 aliphatic carbocycles. The van der Waals surface area contributed by atoms with Crippen LogP contribution in [0.15, 0.2) is 36.4 Å². The molecule has 5 nitrogen and oxygen atoms in total. The van der Waals surface area contributed by atoms with E-state index in [9.17, 15) is 10.1 Å². The van der Waals surface area contributed by atoms with Crippen LogP contribution in [0.25, 0.3) is 0 Å². The number of nitro groups is 1. The zero-order valence-electron chi connectivity index (χ0n) is 10.0. The highest BCUT2D eigenvalue weighted by molar-refractivity contribution is 6.33. The second-order valence-corrected chi connectivity index (χ2v) is 4.71. The van der Waals surface area contributed by atoms with Crippen molar-refractivity contribution in [3.63, 3.8) is 0 Å². The molecule has 0 spiro atoms. The Bertz CT molecular complexity index is 661. The van der Waals surface area contributed by atoms with Crippen LogP contribution in [0.2, 0.25) is 10.0 Å². The molecular weight excluding hydrogens is 305 g/mol. The Balaban J connectivity index is 2.28. The van der Waals surface area contributed by atoms with E-state index < -0.39 is 4.92 Å². The number of nitrogens with zero attached hydrogens (tertiary/aromatic N) is 1. The van der Waals surface area contributed by atoms with Crippen LogP contribution in [0.3, 0.4) is 0 Å². The van der Waals surface area contributed by atoms with Crippen molar-refractivity contribution in [3.05, 3.63) is 62.1 Å². The summed E-state index contributed by atoms with van der Waals surface area (Å²) in [5, 5.41) is 20.0. The van der Waals surface area contributed by atoms with Gasteiger partial charge in [0.15, 0.2) is 0 Å². The predicted molar refractivity (Wildman–Crippen MR) is 75.6 cm³/mol. The number of benzene rings is 2. The fraction of sp³-hybridized carbons (Fsp3) is 0.0769. The minimum atomic E-state index is -0.543. The van der Waals surface area contributed by atoms with Gasteiger partial charge in [0, 0.05) is 12.1 Å². The Labute approximate surface area is 124 Å². The molecule has 0 aromatic heterocycles. The quantitative estimate of drug-likeness (QED) is 0.678. The number of halogens is 2. The fourth-order valence-electron chi connectivity index (χ4n) is 1.53. The maximum absolute atomic E-state index is 10.6. The smallest absolute Gasteiger partial charge is 0.271 e. The number of aliphatic hydroxyl groups is 1. The molecule has 0 saturated heterocycles. The summed E-state index contributed by atoms with van der Waals surface area (Å²) in [5.41, 5.74) is 0.529. The highest BCUT2D eigenvalue weighted by Crippen LogP contribution is 2.35. The molecule has 0 bridgehead atoms. The molecule has 0 atom stereocenters. The Morgan fingerprint density at radius 1 is 1.10 bits per heavy atom. The van der Waals surface area contributed by atoms with Crippen molar-refractivity contribution < 1.29 is 14.8 Å². The van der Waals surface area contributed by atoms with Crippen LogP contribution >= 0.6 is 23.2 Å². The number of aliphatic hydroxyl groups excluding tert-OH is 1. The van der Waals surface area contributed by atoms with E-state index >= 15 is 0 Å². The van der Waals surface area contributed by atoms with Gasteiger partial charge in [-0.2, -0.15) is 0 Å². The van der Waals surface area contributed by atoms with Crippen LogP contribution in [-0.4, -0.2) is 10.0 Å². The van der Waals surface area contributed by atoms with Crippen molar-refractivity contribution in [1.29, 1.82) is 0 Å². The second-order valence-electron chi connectivity index (χ2n) is 3.90. The number of rotatable bonds is 4. The van der Waals surface area contributed by atoms with Gasteiger partial charge in [-0.15, -0.1) is 0 Å². The van der Waals surface area contributed by atoms with Crippen molar-refractivity contribution in [2.24, 2.45) is 0 Å². The lowest BCUT2D eigenvalue weighted by molar-refractivity contribution is -0.384. The first-order valence-electron chi connectivity index (χ1n) is 5.52. The minimum absolute atomic E-state index is 0.113. The molecule has 1 N–H and O–H groups in total. The van der Waals surface area contributed by atoms with Gasteiger partial charge in [-0.25, -0.2) is 0 Å². The number of nitro benzene ring substituents is 1. The van der Waals surface area contributed by atoms with Gasteiger partial charge in [-0.3, -0.25) is 10.1 Å². The monoisotopic (exact) mass is 313 g/mol. The van der Waals surface area contributed by atoms with E-state index in [2.05, 4.69) is 0 Å². The lowest BCUT2D eigenvalue weighted by atomic mass is 10.2. The molecule has 2 aromatic rings. The van der Waals surface area contributed by atoms with Crippen LogP contribution in [0, 0.1) is 10.1 Å². The molecule has 0 heterocycles. The number of hydrogen-bond donors (Lipinski definition) is 1. The minimum Gasteiger partial charge on any atom is -0.454 e. The van der Waals surface area contributed by atoms with Gasteiger partial charge in [0.25, 0.3) is 5.69 Å². The summed E-state index contributed by atoms with van der Waals surface area (Å²) in [6.07, 6.45) is 0. The molecule has 0 fully saturated rings. The summed E-state index contributed by atoms with van der Waals surface area (Å²) >= 11 is 11.9. The zero-order chi connectivity index (χ0) is 14.7. The van der Waals surface area contributed by atoms with Crippen LogP contribution in [-0.2, 0) is 6.61 Å². The molecule has 0 amide bonds. The average Bonchev–Trinajstić information content (AvgIpc) is 2.42. The molecule has 0 radical (unpaired) electrons. The summed E-state index contributed by atoms with van der Waals surface area (Å²) in [7, 11) is 0. The summed E-state index contributed by atoms with van der Waals surface area (Å²) in [4.78, 5) is 10.1. The highest BCUT2D eigenvalue weighted by atomic mass is 35.5. The van der Waals surface area contributed by atoms with Gasteiger partial charge >= 0.3 is 0 Å². The van der Waals surface area contributed by atoms with Crippen LogP contribution in [0.4, 0.5) is 5.69 Å². The lowest BCUT2D eigenvalue weighted by Crippen LogP contribution is -1.91. The van der Waals surface area contributed by atoms with Crippen molar-refractivity contribution in [2.75, 3.05) is 0 Å². The van der Waals surface area contributed by atoms with Crippen molar-refractivity contribution in [2.45, 2.75) is 6.61 Å². The van der Waals surface area contributed by atoms with E-state index in [1.165, 1.54) is 18.2 Å². The molecule has 0 aliphatic rings. The molecule has 7 heteroatoms. The topological polar surface area (TPSA) is 72.6 Å². The van der Waals surface area contributed by atoms with Crippen LogP contribution < -0.4 is 4.74 Å². The van der Waals surface area contributed by atoms with E-state index in [1.54, 1.807) is 18.2 Å². The Kier molecular flexibility index (Phi) is 4.44. The van der Waals surface area contributed by atoms with Gasteiger partial charge < -0.3 is 9.84 Å². The molecular formula is C13H9Cl2NO4. The zero-order valence-corrected chi connectivity index (χ0v) is 11.6. The molecule has 0 saturated carbocycles. The van der Waals surface area contributed by atoms with E-state index in [0.29, 0.717) is 16.3 Å². The number of ether oxygens (including phenoxy) is 1. The van der Waals surface area contributed by atoms with Gasteiger partial charge in [-0.1, -0.05) is 29.3 Å². The Morgan fingerprint density at radius 2 is 1.70 bits per heavy atom. The highest BCUT2D eigenvalue weighted by Gasteiger charge is 2.12. The molecule has 2 rings (SSSR count). The normalized spacial score (nSPS) is 10.3. The number of hydrogen-bond acceptors (Lipinski definition) is 4. The molecule has 20 heavy (non-hydrogen) atoms. The summed E-state index contributed by atoms with van der Waals surface area (Å²) in [5.74, 6) is 0.607. The SMILES string of the molecule is O=[N+]([O-])c1ccc(Oc2ccc(CO)cc2Cl)c(Cl)c1. The first-order chi connectivity index (χ1) is 9.51. The van der Waals surface area contributed by atoms with E-state index in [0.717, 1.165) is 0 Å². The van der Waals surface area contributed by atoms with Crippen LogP contribution in [0.1, 0.15) is 5.56 Å². The average molecular weight is 314 g/mol. The molecule has 104 valence electrons. The van der Waals surface area contributed by atoms with Crippen molar-refractivity contribution in [1.82, 2.24) is 0 Å². The first-order valence-corrected chi connectivity index (χ1v) is 6.28. The number of non-ortho nitro benzene ring substituents is 1. The van der Waals surface area contributed by atoms with E-state index in [-0.39, 0.29) is 23.1 Å². The Morgan fingerprint density at radius 3 is 2.20 bits per heavy atom. The summed E-state index contributed by atoms with van der Waals surface area (Å²) < 4.78 is 5.51. The first kappa shape index (κ1) is 14.6. The fourth-order valence-corrected chi connectivity index (χ4v) is 1.99. The van der Waals surface area contributed by atoms with E-state index in [1.807, 2.05) is 0 Å². The summed E-state index contributed by atoms with van der Waals surface area (Å²) in [6, 6.07) is 8.70. The maximum atomic E-state index is 10.6. The largest absolute Gasteiger partial charge is 0.454 e. The third-order valence-electron chi connectivity index (χ3n) is 2.53. The van der Waals surface area contributed by atoms with Gasteiger partial charge in [0.2, 0.25) is 0 Å². The molecule has 2 aromatic carbocycles. The van der Waals surface area contributed by atoms with Gasteiger partial charge in [0.1, 0.15) is 11.5 Å². The predicted octanol–water partition coefficient (Wildman–Crippen LogP) is 4.19. The van der Waals surface area contributed by atoms with Crippen molar-refractivity contribution >= 4 is 28.9 Å². The second kappa shape index (κ2) is 6.09. The molecule has 0 aliphatic heterocycles. The van der Waals surface area contributed by atoms with Gasteiger partial charge in [-0.05, 0) is 23.8 Å². The standard InChI is InChI=1S/C13H9Cl2NO4/c14-10-5-8(7-17)1-3-12(10)20-13-4-2-9(16(18)19)6-11(13)15/h1-6,17H,7H2. The van der Waals surface area contributed by atoms with Gasteiger partial charge in [0.05, 0.1) is 21.6 Å². The summed E-state index contributed by atoms with van der Waals surface area (Å²) in [6.45, 7) is -0.127. The lowest BCUT2D eigenvalue weighted by Gasteiger charge is -2.09. The van der Waals surface area contributed by atoms with Crippen molar-refractivity contribution in [3.8, 4) is 11.5 Å². The van der Waals surface area contributed by atoms with Crippen LogP contribution in [0.5, 0.6) is 11.5 Å². The maximum Gasteiger partial charge on any atom is 0.271 e. The third-order valence-corrected chi connectivity index (χ3v) is 3.12. The van der Waals surface area contributed by atoms with E-state index in [4.69, 9.17) is 33.0 Å². The Hall–Kier alpha value is -1.82. The molecule has 0 unspecified atom stereocenters.